The third-order valence-corrected chi connectivity index (χ3v) is 1.33. The molecule has 0 aromatic carbocycles. The van der Waals surface area contributed by atoms with E-state index in [1.54, 1.807) is 0 Å². The van der Waals surface area contributed by atoms with Crippen LogP contribution in [0.25, 0.3) is 0 Å². The van der Waals surface area contributed by atoms with Gasteiger partial charge in [0.25, 0.3) is 0 Å². The van der Waals surface area contributed by atoms with Gasteiger partial charge in [0.05, 0.1) is 12.4 Å². The van der Waals surface area contributed by atoms with Crippen molar-refractivity contribution >= 4 is 0 Å². The van der Waals surface area contributed by atoms with Crippen LogP contribution in [0.4, 0.5) is 0 Å². The van der Waals surface area contributed by atoms with Gasteiger partial charge in [0.15, 0.2) is 0 Å². The number of hydrogen-bond acceptors (Lipinski definition) is 1. The zero-order valence-corrected chi connectivity index (χ0v) is 7.15. The van der Waals surface area contributed by atoms with E-state index < -0.39 is 0 Å². The van der Waals surface area contributed by atoms with Gasteiger partial charge in [-0.1, -0.05) is 26.8 Å². The Morgan fingerprint density at radius 3 is 2.50 bits per heavy atom. The first-order chi connectivity index (χ1) is 4.81. The van der Waals surface area contributed by atoms with Crippen molar-refractivity contribution in [3.05, 3.63) is 12.3 Å². The van der Waals surface area contributed by atoms with Gasteiger partial charge in [0.1, 0.15) is 0 Å². The molecule has 1 nitrogen and oxygen atoms in total. The summed E-state index contributed by atoms with van der Waals surface area (Å²) in [5.74, 6) is 0.941. The Morgan fingerprint density at radius 2 is 2.00 bits per heavy atom. The molecule has 0 bridgehead atoms. The van der Waals surface area contributed by atoms with Gasteiger partial charge in [-0.05, 0) is 12.8 Å². The molecule has 0 spiro atoms. The van der Waals surface area contributed by atoms with Crippen LogP contribution in [0.15, 0.2) is 12.3 Å². The Morgan fingerprint density at radius 1 is 1.30 bits per heavy atom. The quantitative estimate of drug-likeness (QED) is 0.409. The lowest BCUT2D eigenvalue weighted by Gasteiger charge is -2.05. The van der Waals surface area contributed by atoms with Crippen molar-refractivity contribution < 1.29 is 4.74 Å². The standard InChI is InChI=1S/C9H18O/c1-4-6-8-10-9(3)7-5-2/h3-8H2,1-2H3. The normalized spacial score (nSPS) is 9.40. The van der Waals surface area contributed by atoms with E-state index in [4.69, 9.17) is 4.74 Å². The average molecular weight is 142 g/mol. The van der Waals surface area contributed by atoms with Crippen LogP contribution >= 0.6 is 0 Å². The number of ether oxygens (including phenoxy) is 1. The Balaban J connectivity index is 3.05. The molecule has 0 atom stereocenters. The smallest absolute Gasteiger partial charge is 0.0888 e. The first-order valence-corrected chi connectivity index (χ1v) is 4.11. The molecule has 60 valence electrons. The second kappa shape index (κ2) is 6.66. The van der Waals surface area contributed by atoms with Gasteiger partial charge < -0.3 is 4.74 Å². The summed E-state index contributed by atoms with van der Waals surface area (Å²) in [4.78, 5) is 0. The molecule has 0 aliphatic carbocycles. The minimum atomic E-state index is 0.843. The highest BCUT2D eigenvalue weighted by atomic mass is 16.5. The maximum absolute atomic E-state index is 5.33. The van der Waals surface area contributed by atoms with Crippen molar-refractivity contribution in [2.45, 2.75) is 39.5 Å². The Kier molecular flexibility index (Phi) is 6.35. The summed E-state index contributed by atoms with van der Waals surface area (Å²) in [5.41, 5.74) is 0. The lowest BCUT2D eigenvalue weighted by molar-refractivity contribution is 0.199. The van der Waals surface area contributed by atoms with Crippen molar-refractivity contribution in [3.8, 4) is 0 Å². The fraction of sp³-hybridized carbons (Fsp3) is 0.778. The van der Waals surface area contributed by atoms with Crippen LogP contribution in [0, 0.1) is 0 Å². The van der Waals surface area contributed by atoms with Crippen LogP contribution in [-0.2, 0) is 4.74 Å². The molecule has 0 aliphatic heterocycles. The maximum Gasteiger partial charge on any atom is 0.0888 e. The van der Waals surface area contributed by atoms with Crippen LogP contribution < -0.4 is 0 Å². The number of unbranched alkanes of at least 4 members (excludes halogenated alkanes) is 1. The SMILES string of the molecule is C=C(CCC)OCCCC. The molecule has 1 heteroatoms. The molecular weight excluding hydrogens is 124 g/mol. The van der Waals surface area contributed by atoms with Crippen molar-refractivity contribution in [3.63, 3.8) is 0 Å². The predicted molar refractivity (Wildman–Crippen MR) is 44.9 cm³/mol. The van der Waals surface area contributed by atoms with Crippen molar-refractivity contribution in [1.82, 2.24) is 0 Å². The Hall–Kier alpha value is -0.460. The van der Waals surface area contributed by atoms with E-state index >= 15 is 0 Å². The summed E-state index contributed by atoms with van der Waals surface area (Å²) in [6, 6.07) is 0. The second-order valence-electron chi connectivity index (χ2n) is 2.49. The highest BCUT2D eigenvalue weighted by Crippen LogP contribution is 2.03. The van der Waals surface area contributed by atoms with Crippen molar-refractivity contribution in [2.75, 3.05) is 6.61 Å². The van der Waals surface area contributed by atoms with Crippen LogP contribution in [0.3, 0.4) is 0 Å². The minimum absolute atomic E-state index is 0.843. The monoisotopic (exact) mass is 142 g/mol. The van der Waals surface area contributed by atoms with Crippen LogP contribution in [0.1, 0.15) is 39.5 Å². The molecule has 0 saturated carbocycles. The predicted octanol–water partition coefficient (Wildman–Crippen LogP) is 3.12. The summed E-state index contributed by atoms with van der Waals surface area (Å²) in [6.07, 6.45) is 4.47. The highest BCUT2D eigenvalue weighted by molar-refractivity contribution is 4.80. The number of hydrogen-bond donors (Lipinski definition) is 0. The van der Waals surface area contributed by atoms with Gasteiger partial charge in [0.2, 0.25) is 0 Å². The minimum Gasteiger partial charge on any atom is -0.499 e. The average Bonchev–Trinajstić information content (AvgIpc) is 1.89. The van der Waals surface area contributed by atoms with Crippen LogP contribution in [0.5, 0.6) is 0 Å². The molecule has 0 saturated heterocycles. The van der Waals surface area contributed by atoms with E-state index in [9.17, 15) is 0 Å². The number of allylic oxidation sites excluding steroid dienone is 1. The maximum atomic E-state index is 5.33. The molecule has 0 heterocycles. The third-order valence-electron chi connectivity index (χ3n) is 1.33. The number of rotatable bonds is 6. The molecule has 0 aromatic rings. The summed E-state index contributed by atoms with van der Waals surface area (Å²) in [5, 5.41) is 0. The third kappa shape index (κ3) is 5.67. The zero-order chi connectivity index (χ0) is 7.82. The van der Waals surface area contributed by atoms with Crippen molar-refractivity contribution in [2.24, 2.45) is 0 Å². The van der Waals surface area contributed by atoms with E-state index in [1.165, 1.54) is 6.42 Å². The van der Waals surface area contributed by atoms with Gasteiger partial charge in [-0.3, -0.25) is 0 Å². The highest BCUT2D eigenvalue weighted by Gasteiger charge is 1.90. The molecule has 0 rings (SSSR count). The molecule has 10 heavy (non-hydrogen) atoms. The van der Waals surface area contributed by atoms with E-state index in [0.717, 1.165) is 31.6 Å². The van der Waals surface area contributed by atoms with Crippen LogP contribution in [-0.4, -0.2) is 6.61 Å². The Bertz CT molecular complexity index is 86.7. The fourth-order valence-electron chi connectivity index (χ4n) is 0.712. The summed E-state index contributed by atoms with van der Waals surface area (Å²) >= 11 is 0. The van der Waals surface area contributed by atoms with E-state index in [1.807, 2.05) is 0 Å². The molecular formula is C9H18O. The molecule has 0 amide bonds. The van der Waals surface area contributed by atoms with E-state index in [0.29, 0.717) is 0 Å². The topological polar surface area (TPSA) is 9.23 Å². The molecule has 0 radical (unpaired) electrons. The summed E-state index contributed by atoms with van der Waals surface area (Å²) in [6.45, 7) is 8.93. The van der Waals surface area contributed by atoms with Gasteiger partial charge in [0, 0.05) is 6.42 Å². The summed E-state index contributed by atoms with van der Waals surface area (Å²) in [7, 11) is 0. The van der Waals surface area contributed by atoms with Gasteiger partial charge in [-0.2, -0.15) is 0 Å². The second-order valence-corrected chi connectivity index (χ2v) is 2.49. The van der Waals surface area contributed by atoms with Crippen molar-refractivity contribution in [1.29, 1.82) is 0 Å². The summed E-state index contributed by atoms with van der Waals surface area (Å²) < 4.78 is 5.33. The first-order valence-electron chi connectivity index (χ1n) is 4.11. The molecule has 0 N–H and O–H groups in total. The van der Waals surface area contributed by atoms with E-state index in [2.05, 4.69) is 20.4 Å². The van der Waals surface area contributed by atoms with E-state index in [-0.39, 0.29) is 0 Å². The first kappa shape index (κ1) is 9.54. The molecule has 0 aliphatic rings. The molecule has 0 aromatic heterocycles. The lowest BCUT2D eigenvalue weighted by atomic mass is 10.3. The molecule has 0 fully saturated rings. The van der Waals surface area contributed by atoms with Gasteiger partial charge in [-0.15, -0.1) is 0 Å². The largest absolute Gasteiger partial charge is 0.499 e. The van der Waals surface area contributed by atoms with Gasteiger partial charge >= 0.3 is 0 Å². The Labute approximate surface area is 64.1 Å². The molecule has 0 unspecified atom stereocenters. The van der Waals surface area contributed by atoms with Crippen LogP contribution in [0.2, 0.25) is 0 Å². The van der Waals surface area contributed by atoms with Gasteiger partial charge in [-0.25, -0.2) is 0 Å². The fourth-order valence-corrected chi connectivity index (χ4v) is 0.712. The zero-order valence-electron chi connectivity index (χ0n) is 7.15. The lowest BCUT2D eigenvalue weighted by Crippen LogP contribution is -1.92.